The predicted octanol–water partition coefficient (Wildman–Crippen LogP) is 2.71. The molecule has 1 unspecified atom stereocenters. The smallest absolute Gasteiger partial charge is 0.145 e. The Morgan fingerprint density at radius 2 is 2.00 bits per heavy atom. The number of nitrogen functional groups attached to an aromatic ring is 1. The van der Waals surface area contributed by atoms with Crippen molar-refractivity contribution in [2.45, 2.75) is 57.9 Å². The van der Waals surface area contributed by atoms with Gasteiger partial charge < -0.3 is 10.3 Å². The van der Waals surface area contributed by atoms with Crippen molar-refractivity contribution in [2.24, 2.45) is 5.92 Å². The molecule has 1 aliphatic heterocycles. The van der Waals surface area contributed by atoms with Crippen LogP contribution < -0.4 is 5.73 Å². The standard InChI is InChI=1S/C13H21N3/c1-9-6-7-16-11(8-9)12(14)15-13(16)10-4-2-3-5-10/h9-10H,2-8,14H2,1H3. The van der Waals surface area contributed by atoms with E-state index in [4.69, 9.17) is 5.73 Å². The van der Waals surface area contributed by atoms with Crippen LogP contribution >= 0.6 is 0 Å². The van der Waals surface area contributed by atoms with Gasteiger partial charge in [0, 0.05) is 12.5 Å². The summed E-state index contributed by atoms with van der Waals surface area (Å²) in [5.41, 5.74) is 7.37. The summed E-state index contributed by atoms with van der Waals surface area (Å²) in [6.45, 7) is 3.44. The van der Waals surface area contributed by atoms with E-state index < -0.39 is 0 Å². The van der Waals surface area contributed by atoms with Crippen molar-refractivity contribution in [3.8, 4) is 0 Å². The Morgan fingerprint density at radius 3 is 2.75 bits per heavy atom. The second-order valence-electron chi connectivity index (χ2n) is 5.53. The normalized spacial score (nSPS) is 25.9. The summed E-state index contributed by atoms with van der Waals surface area (Å²) in [7, 11) is 0. The Kier molecular flexibility index (Phi) is 2.41. The first kappa shape index (κ1) is 10.2. The molecule has 88 valence electrons. The first-order chi connectivity index (χ1) is 7.75. The summed E-state index contributed by atoms with van der Waals surface area (Å²) in [6, 6.07) is 0. The van der Waals surface area contributed by atoms with Gasteiger partial charge in [-0.05, 0) is 31.6 Å². The molecular formula is C13H21N3. The lowest BCUT2D eigenvalue weighted by molar-refractivity contribution is 0.402. The molecule has 0 amide bonds. The lowest BCUT2D eigenvalue weighted by atomic mass is 9.97. The third-order valence-electron chi connectivity index (χ3n) is 4.24. The van der Waals surface area contributed by atoms with Crippen LogP contribution in [-0.2, 0) is 13.0 Å². The highest BCUT2D eigenvalue weighted by atomic mass is 15.1. The SMILES string of the molecule is CC1CCn2c(C3CCCC3)nc(N)c2C1. The van der Waals surface area contributed by atoms with E-state index in [1.807, 2.05) is 0 Å². The molecule has 1 aromatic heterocycles. The number of hydrogen-bond acceptors (Lipinski definition) is 2. The molecule has 0 radical (unpaired) electrons. The van der Waals surface area contributed by atoms with Crippen molar-refractivity contribution >= 4 is 5.82 Å². The topological polar surface area (TPSA) is 43.8 Å². The molecule has 1 aliphatic carbocycles. The molecule has 3 nitrogen and oxygen atoms in total. The van der Waals surface area contributed by atoms with Gasteiger partial charge in [-0.3, -0.25) is 0 Å². The molecule has 0 saturated heterocycles. The Labute approximate surface area is 97.0 Å². The minimum absolute atomic E-state index is 0.685. The average molecular weight is 219 g/mol. The fourth-order valence-electron chi connectivity index (χ4n) is 3.27. The van der Waals surface area contributed by atoms with Gasteiger partial charge in [-0.2, -0.15) is 0 Å². The number of fused-ring (bicyclic) bond motifs is 1. The summed E-state index contributed by atoms with van der Waals surface area (Å²) in [4.78, 5) is 4.65. The monoisotopic (exact) mass is 219 g/mol. The van der Waals surface area contributed by atoms with Gasteiger partial charge in [0.05, 0.1) is 5.69 Å². The Bertz CT molecular complexity index is 388. The lowest BCUT2D eigenvalue weighted by Crippen LogP contribution is -2.19. The van der Waals surface area contributed by atoms with Crippen molar-refractivity contribution in [1.82, 2.24) is 9.55 Å². The maximum Gasteiger partial charge on any atom is 0.145 e. The van der Waals surface area contributed by atoms with Gasteiger partial charge in [0.25, 0.3) is 0 Å². The van der Waals surface area contributed by atoms with Gasteiger partial charge in [-0.15, -0.1) is 0 Å². The molecular weight excluding hydrogens is 198 g/mol. The molecule has 2 N–H and O–H groups in total. The van der Waals surface area contributed by atoms with Crippen LogP contribution in [0.3, 0.4) is 0 Å². The van der Waals surface area contributed by atoms with Crippen LogP contribution in [0.2, 0.25) is 0 Å². The van der Waals surface area contributed by atoms with Crippen molar-refractivity contribution in [2.75, 3.05) is 5.73 Å². The molecule has 1 aromatic rings. The molecule has 1 atom stereocenters. The fraction of sp³-hybridized carbons (Fsp3) is 0.769. The number of nitrogens with two attached hydrogens (primary N) is 1. The van der Waals surface area contributed by atoms with E-state index in [0.717, 1.165) is 24.7 Å². The Hall–Kier alpha value is -0.990. The van der Waals surface area contributed by atoms with Gasteiger partial charge in [-0.1, -0.05) is 19.8 Å². The van der Waals surface area contributed by atoms with Gasteiger partial charge in [0.2, 0.25) is 0 Å². The number of hydrogen-bond donors (Lipinski definition) is 1. The highest BCUT2D eigenvalue weighted by molar-refractivity contribution is 5.39. The van der Waals surface area contributed by atoms with Crippen LogP contribution in [0.1, 0.15) is 56.5 Å². The maximum atomic E-state index is 6.06. The van der Waals surface area contributed by atoms with Crippen LogP contribution in [0.25, 0.3) is 0 Å². The van der Waals surface area contributed by atoms with E-state index in [1.165, 1.54) is 43.6 Å². The fourth-order valence-corrected chi connectivity index (χ4v) is 3.27. The highest BCUT2D eigenvalue weighted by Crippen LogP contribution is 2.37. The summed E-state index contributed by atoms with van der Waals surface area (Å²) < 4.78 is 2.42. The molecule has 16 heavy (non-hydrogen) atoms. The third-order valence-corrected chi connectivity index (χ3v) is 4.24. The molecule has 0 spiro atoms. The second kappa shape index (κ2) is 3.79. The lowest BCUT2D eigenvalue weighted by Gasteiger charge is -2.23. The highest BCUT2D eigenvalue weighted by Gasteiger charge is 2.27. The van der Waals surface area contributed by atoms with Crippen molar-refractivity contribution < 1.29 is 0 Å². The van der Waals surface area contributed by atoms with Gasteiger partial charge in [0.15, 0.2) is 0 Å². The van der Waals surface area contributed by atoms with Crippen molar-refractivity contribution in [3.05, 3.63) is 11.5 Å². The largest absolute Gasteiger partial charge is 0.382 e. The molecule has 1 saturated carbocycles. The zero-order valence-corrected chi connectivity index (χ0v) is 10.1. The number of imidazole rings is 1. The summed E-state index contributed by atoms with van der Waals surface area (Å²) in [5, 5.41) is 0. The van der Waals surface area contributed by atoms with E-state index in [2.05, 4.69) is 16.5 Å². The molecule has 3 rings (SSSR count). The van der Waals surface area contributed by atoms with E-state index in [1.54, 1.807) is 0 Å². The van der Waals surface area contributed by atoms with Crippen LogP contribution in [0.5, 0.6) is 0 Å². The summed E-state index contributed by atoms with van der Waals surface area (Å²) >= 11 is 0. The predicted molar refractivity (Wildman–Crippen MR) is 65.3 cm³/mol. The minimum Gasteiger partial charge on any atom is -0.382 e. The zero-order chi connectivity index (χ0) is 11.1. The van der Waals surface area contributed by atoms with E-state index in [9.17, 15) is 0 Å². The van der Waals surface area contributed by atoms with Gasteiger partial charge in [-0.25, -0.2) is 4.98 Å². The van der Waals surface area contributed by atoms with E-state index in [-0.39, 0.29) is 0 Å². The molecule has 0 bridgehead atoms. The Morgan fingerprint density at radius 1 is 1.25 bits per heavy atom. The van der Waals surface area contributed by atoms with Crippen molar-refractivity contribution in [3.63, 3.8) is 0 Å². The average Bonchev–Trinajstić information content (AvgIpc) is 2.87. The minimum atomic E-state index is 0.685. The number of nitrogens with zero attached hydrogens (tertiary/aromatic N) is 2. The molecule has 0 aromatic carbocycles. The first-order valence-electron chi connectivity index (χ1n) is 6.60. The van der Waals surface area contributed by atoms with Gasteiger partial charge >= 0.3 is 0 Å². The van der Waals surface area contributed by atoms with Crippen molar-refractivity contribution in [1.29, 1.82) is 0 Å². The maximum absolute atomic E-state index is 6.06. The molecule has 2 aliphatic rings. The number of rotatable bonds is 1. The Balaban J connectivity index is 1.97. The number of aromatic nitrogens is 2. The third kappa shape index (κ3) is 1.53. The van der Waals surface area contributed by atoms with Crippen LogP contribution in [0.15, 0.2) is 0 Å². The number of anilines is 1. The molecule has 3 heteroatoms. The van der Waals surface area contributed by atoms with Crippen LogP contribution in [-0.4, -0.2) is 9.55 Å². The van der Waals surface area contributed by atoms with E-state index in [0.29, 0.717) is 5.92 Å². The summed E-state index contributed by atoms with van der Waals surface area (Å²) in [6.07, 6.45) is 7.75. The second-order valence-corrected chi connectivity index (χ2v) is 5.53. The van der Waals surface area contributed by atoms with Crippen LogP contribution in [0, 0.1) is 5.92 Å². The van der Waals surface area contributed by atoms with E-state index >= 15 is 0 Å². The molecule has 2 heterocycles. The first-order valence-corrected chi connectivity index (χ1v) is 6.60. The quantitative estimate of drug-likeness (QED) is 0.789. The summed E-state index contributed by atoms with van der Waals surface area (Å²) in [5.74, 6) is 3.54. The van der Waals surface area contributed by atoms with Crippen LogP contribution in [0.4, 0.5) is 5.82 Å². The van der Waals surface area contributed by atoms with Gasteiger partial charge in [0.1, 0.15) is 11.6 Å². The zero-order valence-electron chi connectivity index (χ0n) is 10.1. The molecule has 1 fully saturated rings.